The molecule has 0 radical (unpaired) electrons. The second-order valence-corrected chi connectivity index (χ2v) is 3.60. The molecule has 1 aliphatic carbocycles. The number of benzene rings is 1. The molecule has 0 amide bonds. The lowest BCUT2D eigenvalue weighted by Crippen LogP contribution is -1.85. The first-order chi connectivity index (χ1) is 5.81. The second kappa shape index (κ2) is 2.81. The Labute approximate surface area is 73.4 Å². The average molecular weight is 162 g/mol. The van der Waals surface area contributed by atoms with E-state index >= 15 is 0 Å². The van der Waals surface area contributed by atoms with Crippen molar-refractivity contribution in [3.8, 4) is 5.75 Å². The molecular formula is C11H14O. The lowest BCUT2D eigenvalue weighted by molar-refractivity contribution is 0.414. The van der Waals surface area contributed by atoms with Gasteiger partial charge >= 0.3 is 0 Å². The fourth-order valence-electron chi connectivity index (χ4n) is 1.66. The van der Waals surface area contributed by atoms with E-state index in [2.05, 4.69) is 25.1 Å². The van der Waals surface area contributed by atoms with Gasteiger partial charge in [0.15, 0.2) is 0 Å². The third-order valence-electron chi connectivity index (χ3n) is 2.63. The molecule has 1 fully saturated rings. The van der Waals surface area contributed by atoms with E-state index in [1.807, 2.05) is 6.07 Å². The summed E-state index contributed by atoms with van der Waals surface area (Å²) in [6.07, 6.45) is 1.34. The van der Waals surface area contributed by atoms with Crippen LogP contribution in [0.4, 0.5) is 0 Å². The zero-order valence-electron chi connectivity index (χ0n) is 7.58. The normalized spacial score (nSPS) is 26.8. The molecule has 0 saturated heterocycles. The molecular weight excluding hydrogens is 148 g/mol. The standard InChI is InChI=1S/C11H14O/c1-8-6-11(8)9-4-3-5-10(7-9)12-2/h3-5,7-8,11H,6H2,1-2H3/t8-,11-/m0/s1. The lowest BCUT2D eigenvalue weighted by atomic mass is 10.1. The molecule has 0 aliphatic heterocycles. The van der Waals surface area contributed by atoms with Gasteiger partial charge in [-0.2, -0.15) is 0 Å². The number of hydrogen-bond acceptors (Lipinski definition) is 1. The number of ether oxygens (including phenoxy) is 1. The maximum atomic E-state index is 5.17. The van der Waals surface area contributed by atoms with Gasteiger partial charge in [-0.3, -0.25) is 0 Å². The van der Waals surface area contributed by atoms with Crippen molar-refractivity contribution in [2.24, 2.45) is 5.92 Å². The molecule has 12 heavy (non-hydrogen) atoms. The molecule has 1 heteroatoms. The maximum Gasteiger partial charge on any atom is 0.119 e. The molecule has 64 valence electrons. The van der Waals surface area contributed by atoms with Gasteiger partial charge < -0.3 is 4.74 Å². The number of methoxy groups -OCH3 is 1. The average Bonchev–Trinajstić information content (AvgIpc) is 2.83. The van der Waals surface area contributed by atoms with Crippen LogP contribution >= 0.6 is 0 Å². The third kappa shape index (κ3) is 1.31. The minimum atomic E-state index is 0.792. The zero-order valence-corrected chi connectivity index (χ0v) is 7.58. The van der Waals surface area contributed by atoms with Gasteiger partial charge in [0.2, 0.25) is 0 Å². The summed E-state index contributed by atoms with van der Waals surface area (Å²) in [6, 6.07) is 8.40. The van der Waals surface area contributed by atoms with Crippen LogP contribution in [0.1, 0.15) is 24.8 Å². The Morgan fingerprint density at radius 2 is 2.17 bits per heavy atom. The highest BCUT2D eigenvalue weighted by atomic mass is 16.5. The van der Waals surface area contributed by atoms with Gasteiger partial charge in [0.1, 0.15) is 5.75 Å². The molecule has 0 unspecified atom stereocenters. The molecule has 0 N–H and O–H groups in total. The minimum absolute atomic E-state index is 0.792. The molecule has 1 saturated carbocycles. The molecule has 1 nitrogen and oxygen atoms in total. The number of hydrogen-bond donors (Lipinski definition) is 0. The van der Waals surface area contributed by atoms with Crippen molar-refractivity contribution >= 4 is 0 Å². The van der Waals surface area contributed by atoms with Crippen molar-refractivity contribution in [2.45, 2.75) is 19.3 Å². The van der Waals surface area contributed by atoms with Gasteiger partial charge in [0.25, 0.3) is 0 Å². The van der Waals surface area contributed by atoms with Gasteiger partial charge in [-0.25, -0.2) is 0 Å². The van der Waals surface area contributed by atoms with Gasteiger partial charge in [-0.05, 0) is 36.0 Å². The Balaban J connectivity index is 2.21. The van der Waals surface area contributed by atoms with Gasteiger partial charge in [0, 0.05) is 0 Å². The summed E-state index contributed by atoms with van der Waals surface area (Å²) in [5, 5.41) is 0. The second-order valence-electron chi connectivity index (χ2n) is 3.60. The predicted octanol–water partition coefficient (Wildman–Crippen LogP) is 2.82. The monoisotopic (exact) mass is 162 g/mol. The van der Waals surface area contributed by atoms with Crippen molar-refractivity contribution in [3.63, 3.8) is 0 Å². The van der Waals surface area contributed by atoms with Crippen molar-refractivity contribution in [2.75, 3.05) is 7.11 Å². The summed E-state index contributed by atoms with van der Waals surface area (Å²) in [5.74, 6) is 2.64. The lowest BCUT2D eigenvalue weighted by Gasteiger charge is -2.02. The molecule has 0 bridgehead atoms. The van der Waals surface area contributed by atoms with E-state index in [9.17, 15) is 0 Å². The van der Waals surface area contributed by atoms with Gasteiger partial charge in [-0.1, -0.05) is 19.1 Å². The highest BCUT2D eigenvalue weighted by Gasteiger charge is 2.33. The predicted molar refractivity (Wildman–Crippen MR) is 49.5 cm³/mol. The van der Waals surface area contributed by atoms with Crippen LogP contribution in [0.25, 0.3) is 0 Å². The summed E-state index contributed by atoms with van der Waals surface area (Å²) in [7, 11) is 1.72. The third-order valence-corrected chi connectivity index (χ3v) is 2.63. The van der Waals surface area contributed by atoms with E-state index in [1.165, 1.54) is 12.0 Å². The SMILES string of the molecule is COc1cccc([C@H]2C[C@@H]2C)c1. The highest BCUT2D eigenvalue weighted by Crippen LogP contribution is 2.47. The smallest absolute Gasteiger partial charge is 0.119 e. The van der Waals surface area contributed by atoms with Crippen molar-refractivity contribution < 1.29 is 4.74 Å². The van der Waals surface area contributed by atoms with Crippen LogP contribution in [-0.4, -0.2) is 7.11 Å². The Morgan fingerprint density at radius 1 is 1.42 bits per heavy atom. The summed E-state index contributed by atoms with van der Waals surface area (Å²) in [5.41, 5.74) is 1.43. The molecule has 2 atom stereocenters. The molecule has 1 aliphatic rings. The number of rotatable bonds is 2. The van der Waals surface area contributed by atoms with E-state index in [4.69, 9.17) is 4.74 Å². The summed E-state index contributed by atoms with van der Waals surface area (Å²) in [4.78, 5) is 0. The van der Waals surface area contributed by atoms with Crippen LogP contribution in [0.5, 0.6) is 5.75 Å². The van der Waals surface area contributed by atoms with Gasteiger partial charge in [0.05, 0.1) is 7.11 Å². The first kappa shape index (κ1) is 7.66. The van der Waals surface area contributed by atoms with Crippen LogP contribution in [0.2, 0.25) is 0 Å². The molecule has 1 aromatic rings. The Kier molecular flexibility index (Phi) is 1.80. The van der Waals surface area contributed by atoms with Crippen molar-refractivity contribution in [1.82, 2.24) is 0 Å². The van der Waals surface area contributed by atoms with E-state index in [1.54, 1.807) is 7.11 Å². The van der Waals surface area contributed by atoms with Crippen LogP contribution in [-0.2, 0) is 0 Å². The minimum Gasteiger partial charge on any atom is -0.497 e. The Morgan fingerprint density at radius 3 is 2.75 bits per heavy atom. The first-order valence-corrected chi connectivity index (χ1v) is 4.45. The fourth-order valence-corrected chi connectivity index (χ4v) is 1.66. The van der Waals surface area contributed by atoms with Crippen LogP contribution in [0.3, 0.4) is 0 Å². The van der Waals surface area contributed by atoms with Gasteiger partial charge in [-0.15, -0.1) is 0 Å². The quantitative estimate of drug-likeness (QED) is 0.649. The first-order valence-electron chi connectivity index (χ1n) is 4.45. The van der Waals surface area contributed by atoms with Crippen molar-refractivity contribution in [3.05, 3.63) is 29.8 Å². The maximum absolute atomic E-state index is 5.17. The highest BCUT2D eigenvalue weighted by molar-refractivity contribution is 5.33. The Hall–Kier alpha value is -0.980. The van der Waals surface area contributed by atoms with Crippen LogP contribution < -0.4 is 4.74 Å². The van der Waals surface area contributed by atoms with Crippen LogP contribution in [0.15, 0.2) is 24.3 Å². The summed E-state index contributed by atoms with van der Waals surface area (Å²) in [6.45, 7) is 2.30. The zero-order chi connectivity index (χ0) is 8.55. The van der Waals surface area contributed by atoms with E-state index < -0.39 is 0 Å². The molecule has 0 heterocycles. The molecule has 0 spiro atoms. The molecule has 0 aromatic heterocycles. The fraction of sp³-hybridized carbons (Fsp3) is 0.455. The van der Waals surface area contributed by atoms with Crippen LogP contribution in [0, 0.1) is 5.92 Å². The topological polar surface area (TPSA) is 9.23 Å². The summed E-state index contributed by atoms with van der Waals surface area (Å²) >= 11 is 0. The van der Waals surface area contributed by atoms with E-state index in [-0.39, 0.29) is 0 Å². The summed E-state index contributed by atoms with van der Waals surface area (Å²) < 4.78 is 5.17. The van der Waals surface area contributed by atoms with E-state index in [0.717, 1.165) is 17.6 Å². The Bertz CT molecular complexity index is 280. The molecule has 2 rings (SSSR count). The van der Waals surface area contributed by atoms with E-state index in [0.29, 0.717) is 0 Å². The largest absolute Gasteiger partial charge is 0.497 e. The van der Waals surface area contributed by atoms with Crippen molar-refractivity contribution in [1.29, 1.82) is 0 Å². The molecule has 1 aromatic carbocycles.